The Morgan fingerprint density at radius 1 is 1.40 bits per heavy atom. The van der Waals surface area contributed by atoms with E-state index < -0.39 is 5.97 Å². The number of carbonyl (C=O) groups excluding carboxylic acids is 1. The number of allylic oxidation sites excluding steroid dienone is 2. The van der Waals surface area contributed by atoms with Crippen LogP contribution in [0.15, 0.2) is 29.9 Å². The number of hydrogen-bond donors (Lipinski definition) is 1. The molecular weight excluding hydrogens is 267 g/mol. The normalized spacial score (nSPS) is 9.95. The van der Waals surface area contributed by atoms with Crippen LogP contribution in [0.4, 0.5) is 0 Å². The minimum absolute atomic E-state index is 0. The van der Waals surface area contributed by atoms with E-state index >= 15 is 0 Å². The largest absolute Gasteiger partial charge is 1.00 e. The Morgan fingerprint density at radius 2 is 2.05 bits per heavy atom. The van der Waals surface area contributed by atoms with E-state index in [4.69, 9.17) is 4.74 Å². The van der Waals surface area contributed by atoms with E-state index in [0.717, 1.165) is 11.6 Å². The molecule has 0 heterocycles. The number of carbonyl (C=O) groups is 1. The van der Waals surface area contributed by atoms with Crippen LogP contribution in [0.5, 0.6) is 11.5 Å². The Morgan fingerprint density at radius 3 is 2.55 bits per heavy atom. The zero-order valence-corrected chi connectivity index (χ0v) is 14.3. The minimum Gasteiger partial charge on any atom is -0.545 e. The van der Waals surface area contributed by atoms with Gasteiger partial charge in [-0.3, -0.25) is 0 Å². The molecule has 0 fully saturated rings. The van der Waals surface area contributed by atoms with Gasteiger partial charge in [-0.25, -0.2) is 0 Å². The average Bonchev–Trinajstić information content (AvgIpc) is 2.35. The molecule has 20 heavy (non-hydrogen) atoms. The first-order chi connectivity index (χ1) is 8.95. The number of hydrogen-bond acceptors (Lipinski definition) is 4. The molecule has 0 aliphatic rings. The predicted molar refractivity (Wildman–Crippen MR) is 71.8 cm³/mol. The molecule has 0 aliphatic heterocycles. The molecule has 4 nitrogen and oxygen atoms in total. The standard InChI is InChI=1S/C15H18O4.Na/c1-10(2)4-7-12-13(19-3)8-5-11(15(12)18)6-9-14(16)17;/h4-6,8-9,18H,7H2,1-3H3,(H,16,17);/q;+1/p-1/b9-6+;. The molecule has 1 aromatic rings. The third-order valence-corrected chi connectivity index (χ3v) is 2.60. The van der Waals surface area contributed by atoms with Crippen LogP contribution >= 0.6 is 0 Å². The van der Waals surface area contributed by atoms with Crippen LogP contribution in [0.25, 0.3) is 6.08 Å². The monoisotopic (exact) mass is 284 g/mol. The van der Waals surface area contributed by atoms with Crippen LogP contribution in [-0.2, 0) is 11.2 Å². The molecule has 0 spiro atoms. The van der Waals surface area contributed by atoms with Crippen molar-refractivity contribution in [2.75, 3.05) is 7.11 Å². The molecular formula is C15H17NaO4. The maximum atomic E-state index is 10.4. The number of aliphatic carboxylic acids is 1. The summed E-state index contributed by atoms with van der Waals surface area (Å²) in [5.41, 5.74) is 2.17. The Kier molecular flexibility index (Phi) is 8.30. The summed E-state index contributed by atoms with van der Waals surface area (Å²) >= 11 is 0. The minimum atomic E-state index is -1.30. The van der Waals surface area contributed by atoms with Crippen molar-refractivity contribution in [1.82, 2.24) is 0 Å². The number of ether oxygens (including phenoxy) is 1. The Bertz CT molecular complexity index is 529. The van der Waals surface area contributed by atoms with Crippen LogP contribution in [0.1, 0.15) is 25.0 Å². The number of carboxylic acids is 1. The summed E-state index contributed by atoms with van der Waals surface area (Å²) in [6.07, 6.45) is 4.66. The van der Waals surface area contributed by atoms with Crippen LogP contribution in [0.2, 0.25) is 0 Å². The average molecular weight is 284 g/mol. The number of aromatic hydroxyl groups is 1. The summed E-state index contributed by atoms with van der Waals surface area (Å²) in [5.74, 6) is -0.712. The topological polar surface area (TPSA) is 69.6 Å². The van der Waals surface area contributed by atoms with Gasteiger partial charge in [0.1, 0.15) is 11.5 Å². The second kappa shape index (κ2) is 8.84. The summed E-state index contributed by atoms with van der Waals surface area (Å²) in [7, 11) is 1.53. The van der Waals surface area contributed by atoms with Gasteiger partial charge in [0.2, 0.25) is 0 Å². The van der Waals surface area contributed by atoms with Crippen molar-refractivity contribution in [3.05, 3.63) is 41.0 Å². The second-order valence-electron chi connectivity index (χ2n) is 4.32. The van der Waals surface area contributed by atoms with E-state index in [9.17, 15) is 15.0 Å². The maximum Gasteiger partial charge on any atom is 1.00 e. The van der Waals surface area contributed by atoms with E-state index in [-0.39, 0.29) is 35.3 Å². The van der Waals surface area contributed by atoms with Gasteiger partial charge in [0.05, 0.1) is 13.1 Å². The van der Waals surface area contributed by atoms with Crippen LogP contribution in [0, 0.1) is 0 Å². The van der Waals surface area contributed by atoms with Gasteiger partial charge in [-0.2, -0.15) is 0 Å². The summed E-state index contributed by atoms with van der Waals surface area (Å²) in [4.78, 5) is 10.4. The molecule has 1 N–H and O–H groups in total. The molecule has 102 valence electrons. The molecule has 5 heteroatoms. The predicted octanol–water partition coefficient (Wildman–Crippen LogP) is -1.32. The van der Waals surface area contributed by atoms with Crippen molar-refractivity contribution in [3.8, 4) is 11.5 Å². The van der Waals surface area contributed by atoms with Crippen molar-refractivity contribution in [2.24, 2.45) is 0 Å². The zero-order valence-electron chi connectivity index (χ0n) is 12.3. The molecule has 0 saturated heterocycles. The molecule has 0 saturated carbocycles. The van der Waals surface area contributed by atoms with Gasteiger partial charge in [-0.15, -0.1) is 0 Å². The molecule has 0 bridgehead atoms. The number of phenolic OH excluding ortho intramolecular Hbond substituents is 1. The fraction of sp³-hybridized carbons (Fsp3) is 0.267. The van der Waals surface area contributed by atoms with Crippen molar-refractivity contribution in [1.29, 1.82) is 0 Å². The van der Waals surface area contributed by atoms with Crippen molar-refractivity contribution < 1.29 is 49.3 Å². The molecule has 0 atom stereocenters. The van der Waals surface area contributed by atoms with Gasteiger partial charge in [-0.1, -0.05) is 11.6 Å². The zero-order chi connectivity index (χ0) is 14.4. The second-order valence-corrected chi connectivity index (χ2v) is 4.32. The van der Waals surface area contributed by atoms with Crippen molar-refractivity contribution in [3.63, 3.8) is 0 Å². The fourth-order valence-electron chi connectivity index (χ4n) is 1.62. The van der Waals surface area contributed by atoms with E-state index in [2.05, 4.69) is 0 Å². The Labute approximate surface area is 141 Å². The van der Waals surface area contributed by atoms with E-state index in [1.165, 1.54) is 13.2 Å². The first-order valence-corrected chi connectivity index (χ1v) is 5.87. The first kappa shape index (κ1) is 18.8. The van der Waals surface area contributed by atoms with Gasteiger partial charge >= 0.3 is 29.6 Å². The van der Waals surface area contributed by atoms with Crippen LogP contribution in [-0.4, -0.2) is 18.2 Å². The van der Waals surface area contributed by atoms with Crippen molar-refractivity contribution >= 4 is 12.0 Å². The number of benzene rings is 1. The number of phenols is 1. The smallest absolute Gasteiger partial charge is 0.545 e. The fourth-order valence-corrected chi connectivity index (χ4v) is 1.62. The summed E-state index contributed by atoms with van der Waals surface area (Å²) in [6, 6.07) is 3.29. The SMILES string of the molecule is COc1ccc(/C=C/C(=O)[O-])c(O)c1CC=C(C)C.[Na+]. The van der Waals surface area contributed by atoms with Gasteiger partial charge < -0.3 is 19.7 Å². The summed E-state index contributed by atoms with van der Waals surface area (Å²) in [5, 5.41) is 20.5. The summed E-state index contributed by atoms with van der Waals surface area (Å²) < 4.78 is 5.20. The molecule has 0 radical (unpaired) electrons. The number of methoxy groups -OCH3 is 1. The maximum absolute atomic E-state index is 10.4. The van der Waals surface area contributed by atoms with Crippen molar-refractivity contribution in [2.45, 2.75) is 20.3 Å². The first-order valence-electron chi connectivity index (χ1n) is 5.87. The third kappa shape index (κ3) is 5.41. The van der Waals surface area contributed by atoms with Gasteiger partial charge in [-0.05, 0) is 44.6 Å². The molecule has 0 unspecified atom stereocenters. The van der Waals surface area contributed by atoms with Gasteiger partial charge in [0, 0.05) is 11.1 Å². The molecule has 1 aromatic carbocycles. The molecule has 0 aliphatic carbocycles. The number of carboxylic acid groups (broad SMARTS) is 1. The van der Waals surface area contributed by atoms with E-state index in [1.807, 2.05) is 19.9 Å². The number of rotatable bonds is 5. The summed E-state index contributed by atoms with van der Waals surface area (Å²) in [6.45, 7) is 3.92. The van der Waals surface area contributed by atoms with Gasteiger partial charge in [0.25, 0.3) is 0 Å². The quantitative estimate of drug-likeness (QED) is 0.413. The molecule has 0 aromatic heterocycles. The Hall–Kier alpha value is -1.23. The van der Waals surface area contributed by atoms with E-state index in [1.54, 1.807) is 12.1 Å². The molecule has 0 amide bonds. The van der Waals surface area contributed by atoms with Crippen LogP contribution in [0.3, 0.4) is 0 Å². The van der Waals surface area contributed by atoms with Crippen LogP contribution < -0.4 is 39.4 Å². The molecule has 1 rings (SSSR count). The van der Waals surface area contributed by atoms with Gasteiger partial charge in [0.15, 0.2) is 0 Å². The Balaban J connectivity index is 0.00000361. The van der Waals surface area contributed by atoms with E-state index in [0.29, 0.717) is 23.3 Å². The third-order valence-electron chi connectivity index (χ3n) is 2.60.